The van der Waals surface area contributed by atoms with Crippen LogP contribution < -0.4 is 5.32 Å². The van der Waals surface area contributed by atoms with Gasteiger partial charge in [-0.25, -0.2) is 0 Å². The van der Waals surface area contributed by atoms with Gasteiger partial charge in [0, 0.05) is 33.0 Å². The highest BCUT2D eigenvalue weighted by Crippen LogP contribution is 2.58. The molecule has 7 rings (SSSR count). The summed E-state index contributed by atoms with van der Waals surface area (Å²) < 4.78 is 1.10. The standard InChI is InChI=1S/C21H24BrN3O/c1-19(2)16-10-21-6-3-7-25(21)11-20(16,24-18(21)26)9-14-13-5-4-12(22)8-15(13)23-17(14)19/h4-5,8,16,23H,3,6-7,9-11H2,1-2H3,(H,24,26)/t16-,20+,21-/m0/s1. The van der Waals surface area contributed by atoms with Crippen molar-refractivity contribution in [2.45, 2.75) is 56.0 Å². The Morgan fingerprint density at radius 3 is 3.00 bits per heavy atom. The highest BCUT2D eigenvalue weighted by atomic mass is 79.9. The molecule has 1 aliphatic carbocycles. The average Bonchev–Trinajstić information content (AvgIpc) is 3.15. The number of carbonyl (C=O) groups is 1. The number of benzene rings is 1. The summed E-state index contributed by atoms with van der Waals surface area (Å²) in [7, 11) is 0. The zero-order chi connectivity index (χ0) is 17.9. The van der Waals surface area contributed by atoms with Gasteiger partial charge in [-0.05, 0) is 55.8 Å². The van der Waals surface area contributed by atoms with Crippen LogP contribution in [0.2, 0.25) is 0 Å². The Morgan fingerprint density at radius 1 is 1.31 bits per heavy atom. The first-order valence-corrected chi connectivity index (χ1v) is 10.5. The Bertz CT molecular complexity index is 979. The van der Waals surface area contributed by atoms with Crippen molar-refractivity contribution in [3.05, 3.63) is 33.9 Å². The first-order valence-electron chi connectivity index (χ1n) is 9.74. The molecule has 2 bridgehead atoms. The second kappa shape index (κ2) is 4.56. The maximum Gasteiger partial charge on any atom is 0.241 e. The van der Waals surface area contributed by atoms with Crippen LogP contribution in [0, 0.1) is 5.92 Å². The second-order valence-corrected chi connectivity index (χ2v) is 10.4. The maximum absolute atomic E-state index is 13.1. The largest absolute Gasteiger partial charge is 0.358 e. The molecule has 4 fully saturated rings. The quantitative estimate of drug-likeness (QED) is 0.694. The number of hydrogen-bond acceptors (Lipinski definition) is 2. The summed E-state index contributed by atoms with van der Waals surface area (Å²) in [5.74, 6) is 0.769. The van der Waals surface area contributed by atoms with Gasteiger partial charge in [-0.2, -0.15) is 0 Å². The zero-order valence-corrected chi connectivity index (χ0v) is 16.9. The van der Waals surface area contributed by atoms with E-state index in [1.807, 2.05) is 0 Å². The van der Waals surface area contributed by atoms with Crippen molar-refractivity contribution in [3.8, 4) is 0 Å². The van der Waals surface area contributed by atoms with Gasteiger partial charge in [-0.1, -0.05) is 35.8 Å². The predicted octanol–water partition coefficient (Wildman–Crippen LogP) is 3.49. The van der Waals surface area contributed by atoms with E-state index in [4.69, 9.17) is 0 Å². The summed E-state index contributed by atoms with van der Waals surface area (Å²) in [5.41, 5.74) is 3.64. The van der Waals surface area contributed by atoms with Gasteiger partial charge in [0.25, 0.3) is 0 Å². The van der Waals surface area contributed by atoms with Gasteiger partial charge in [0.1, 0.15) is 5.54 Å². The first-order chi connectivity index (χ1) is 12.4. The van der Waals surface area contributed by atoms with Crippen molar-refractivity contribution < 1.29 is 4.79 Å². The monoisotopic (exact) mass is 413 g/mol. The normalized spacial score (nSPS) is 37.3. The van der Waals surface area contributed by atoms with E-state index < -0.39 is 0 Å². The fourth-order valence-corrected chi connectivity index (χ4v) is 7.18. The van der Waals surface area contributed by atoms with Crippen LogP contribution in [0.25, 0.3) is 10.9 Å². The van der Waals surface area contributed by atoms with Crippen molar-refractivity contribution in [1.82, 2.24) is 15.2 Å². The Balaban J connectivity index is 1.59. The molecular formula is C21H24BrN3O. The Morgan fingerprint density at radius 2 is 2.15 bits per heavy atom. The molecule has 1 aromatic carbocycles. The van der Waals surface area contributed by atoms with E-state index in [0.29, 0.717) is 11.8 Å². The third-order valence-electron chi connectivity index (χ3n) is 7.97. The van der Waals surface area contributed by atoms with Crippen LogP contribution in [0.4, 0.5) is 0 Å². The summed E-state index contributed by atoms with van der Waals surface area (Å²) in [5, 5.41) is 4.86. The second-order valence-electron chi connectivity index (χ2n) is 9.49. The molecule has 5 heteroatoms. The van der Waals surface area contributed by atoms with Gasteiger partial charge in [0.2, 0.25) is 5.91 Å². The lowest BCUT2D eigenvalue weighted by Gasteiger charge is -2.65. The van der Waals surface area contributed by atoms with E-state index in [2.05, 4.69) is 63.2 Å². The number of carbonyl (C=O) groups excluding carboxylic acids is 1. The lowest BCUT2D eigenvalue weighted by molar-refractivity contribution is -0.160. The van der Waals surface area contributed by atoms with Crippen molar-refractivity contribution in [2.75, 3.05) is 13.1 Å². The van der Waals surface area contributed by atoms with E-state index in [1.54, 1.807) is 0 Å². The molecule has 0 radical (unpaired) electrons. The number of aromatic amines is 1. The van der Waals surface area contributed by atoms with E-state index in [-0.39, 0.29) is 16.5 Å². The summed E-state index contributed by atoms with van der Waals surface area (Å²) in [6.07, 6.45) is 4.12. The van der Waals surface area contributed by atoms with Crippen LogP contribution in [0.3, 0.4) is 0 Å². The Hall–Kier alpha value is -1.33. The van der Waals surface area contributed by atoms with Crippen molar-refractivity contribution >= 4 is 32.7 Å². The van der Waals surface area contributed by atoms with Gasteiger partial charge in [0.05, 0.1) is 5.54 Å². The number of H-pyrrole nitrogens is 1. The maximum atomic E-state index is 13.1. The molecule has 4 aliphatic heterocycles. The van der Waals surface area contributed by atoms with E-state index in [9.17, 15) is 4.79 Å². The van der Waals surface area contributed by atoms with Crippen LogP contribution in [0.1, 0.15) is 44.4 Å². The topological polar surface area (TPSA) is 48.1 Å². The van der Waals surface area contributed by atoms with Crippen molar-refractivity contribution in [2.24, 2.45) is 5.92 Å². The molecule has 4 saturated heterocycles. The van der Waals surface area contributed by atoms with Crippen LogP contribution >= 0.6 is 15.9 Å². The Kier molecular flexibility index (Phi) is 2.75. The third-order valence-corrected chi connectivity index (χ3v) is 8.46. The Labute approximate surface area is 161 Å². The molecule has 5 aliphatic rings. The minimum absolute atomic E-state index is 0.0223. The first kappa shape index (κ1) is 15.7. The molecule has 1 amide bonds. The van der Waals surface area contributed by atoms with E-state index >= 15 is 0 Å². The molecule has 136 valence electrons. The van der Waals surface area contributed by atoms with E-state index in [1.165, 1.54) is 22.2 Å². The number of piperazine rings is 1. The molecule has 26 heavy (non-hydrogen) atoms. The molecular weight excluding hydrogens is 390 g/mol. The molecule has 3 atom stereocenters. The van der Waals surface area contributed by atoms with Crippen molar-refractivity contribution in [1.29, 1.82) is 0 Å². The number of fused-ring (bicyclic) bond motifs is 4. The van der Waals surface area contributed by atoms with Crippen LogP contribution in [0.15, 0.2) is 22.7 Å². The summed E-state index contributed by atoms with van der Waals surface area (Å²) in [6.45, 7) is 6.85. The third kappa shape index (κ3) is 1.64. The SMILES string of the molecule is CC1(C)c2[nH]c3cc(Br)ccc3c2C[C@@]23CN4CCC[C@]4(C[C@@H]12)C(=O)N3. The lowest BCUT2D eigenvalue weighted by atomic mass is 9.51. The minimum atomic E-state index is -0.240. The molecule has 0 unspecified atom stereocenters. The molecule has 1 aromatic heterocycles. The number of amides is 1. The van der Waals surface area contributed by atoms with Gasteiger partial charge < -0.3 is 10.3 Å². The van der Waals surface area contributed by atoms with Gasteiger partial charge in [-0.15, -0.1) is 0 Å². The number of piperidine rings is 2. The molecule has 4 nitrogen and oxygen atoms in total. The highest BCUT2D eigenvalue weighted by molar-refractivity contribution is 9.10. The van der Waals surface area contributed by atoms with Crippen LogP contribution in [-0.4, -0.2) is 40.0 Å². The highest BCUT2D eigenvalue weighted by Gasteiger charge is 2.68. The van der Waals surface area contributed by atoms with Crippen molar-refractivity contribution in [3.63, 3.8) is 0 Å². The smallest absolute Gasteiger partial charge is 0.241 e. The van der Waals surface area contributed by atoms with Crippen LogP contribution in [-0.2, 0) is 16.6 Å². The molecule has 2 N–H and O–H groups in total. The zero-order valence-electron chi connectivity index (χ0n) is 15.3. The molecule has 2 spiro atoms. The minimum Gasteiger partial charge on any atom is -0.358 e. The number of hydrogen-bond donors (Lipinski definition) is 2. The number of rotatable bonds is 0. The number of nitrogens with zero attached hydrogens (tertiary/aromatic N) is 1. The number of aromatic nitrogens is 1. The van der Waals surface area contributed by atoms with E-state index in [0.717, 1.165) is 43.2 Å². The number of nitrogens with one attached hydrogen (secondary N) is 2. The summed E-state index contributed by atoms with van der Waals surface area (Å²) >= 11 is 3.60. The number of halogens is 1. The summed E-state index contributed by atoms with van der Waals surface area (Å²) in [4.78, 5) is 19.4. The summed E-state index contributed by atoms with van der Waals surface area (Å²) in [6, 6.07) is 6.52. The predicted molar refractivity (Wildman–Crippen MR) is 105 cm³/mol. The van der Waals surface area contributed by atoms with Gasteiger partial charge >= 0.3 is 0 Å². The molecule has 5 heterocycles. The van der Waals surface area contributed by atoms with Gasteiger partial charge in [-0.3, -0.25) is 9.69 Å². The van der Waals surface area contributed by atoms with Gasteiger partial charge in [0.15, 0.2) is 0 Å². The van der Waals surface area contributed by atoms with Crippen LogP contribution in [0.5, 0.6) is 0 Å². The fraction of sp³-hybridized carbons (Fsp3) is 0.571. The molecule has 0 saturated carbocycles. The lowest BCUT2D eigenvalue weighted by Crippen LogP contribution is -2.82. The average molecular weight is 414 g/mol. The fourth-order valence-electron chi connectivity index (χ4n) is 6.82. The molecule has 2 aromatic rings.